The van der Waals surface area contributed by atoms with Crippen molar-refractivity contribution in [3.8, 4) is 11.5 Å². The molecule has 0 aliphatic heterocycles. The smallest absolute Gasteiger partial charge is 0.339 e. The number of ether oxygens (including phenoxy) is 1. The van der Waals surface area contributed by atoms with Crippen molar-refractivity contribution >= 4 is 41.9 Å². The van der Waals surface area contributed by atoms with E-state index in [-0.39, 0.29) is 27.3 Å². The van der Waals surface area contributed by atoms with Gasteiger partial charge in [0.05, 0.1) is 22.9 Å². The number of fused-ring (bicyclic) bond motifs is 1. The molecule has 0 unspecified atom stereocenters. The summed E-state index contributed by atoms with van der Waals surface area (Å²) in [6.45, 7) is 0. The lowest BCUT2D eigenvalue weighted by atomic mass is 10.1. The molecule has 6 rings (SSSR count). The average molecular weight is 657 g/mol. The number of hydrogen-bond acceptors (Lipinski definition) is 7. The van der Waals surface area contributed by atoms with Gasteiger partial charge in [-0.2, -0.15) is 8.42 Å². The lowest BCUT2D eigenvalue weighted by Crippen LogP contribution is -2.11. The Morgan fingerprint density at radius 1 is 0.511 bits per heavy atom. The van der Waals surface area contributed by atoms with Crippen LogP contribution < -0.4 is 8.92 Å². The van der Waals surface area contributed by atoms with E-state index in [1.165, 1.54) is 33.9 Å². The van der Waals surface area contributed by atoms with Gasteiger partial charge in [0.2, 0.25) is 0 Å². The molecule has 0 aliphatic carbocycles. The lowest BCUT2D eigenvalue weighted by Gasteiger charge is -2.13. The second kappa shape index (κ2) is 14.0. The number of benzene rings is 6. The third-order valence-corrected chi connectivity index (χ3v) is 10.9. The second-order valence-corrected chi connectivity index (χ2v) is 14.5. The molecule has 0 aromatic heterocycles. The van der Waals surface area contributed by atoms with Crippen LogP contribution in [0.25, 0.3) is 10.8 Å². The summed E-state index contributed by atoms with van der Waals surface area (Å²) >= 11 is 0. The Morgan fingerprint density at radius 3 is 1.47 bits per heavy atom. The van der Waals surface area contributed by atoms with Gasteiger partial charge in [-0.25, -0.2) is 8.42 Å². The molecule has 0 spiro atoms. The monoisotopic (exact) mass is 656 g/mol. The molecule has 0 fully saturated rings. The van der Waals surface area contributed by atoms with Gasteiger partial charge in [0, 0.05) is 6.07 Å². The zero-order valence-electron chi connectivity index (χ0n) is 24.0. The van der Waals surface area contributed by atoms with E-state index in [0.717, 1.165) is 29.0 Å². The predicted octanol–water partition coefficient (Wildman–Crippen LogP) is 7.30. The van der Waals surface area contributed by atoms with Crippen LogP contribution in [-0.4, -0.2) is 28.5 Å². The molecule has 0 N–H and O–H groups in total. The van der Waals surface area contributed by atoms with Crippen LogP contribution >= 0.6 is 0 Å². The molecule has 0 heterocycles. The number of hydrogen-bond donors (Lipinski definition) is 0. The van der Waals surface area contributed by atoms with Crippen molar-refractivity contribution < 1.29 is 30.3 Å². The molecular formula is C35H28O7S3. The maximum atomic E-state index is 12.5. The van der Waals surface area contributed by atoms with Crippen LogP contribution in [0.2, 0.25) is 0 Å². The van der Waals surface area contributed by atoms with Crippen LogP contribution in [0.4, 0.5) is 0 Å². The van der Waals surface area contributed by atoms with Gasteiger partial charge >= 0.3 is 10.1 Å². The van der Waals surface area contributed by atoms with Crippen LogP contribution in [0.3, 0.4) is 0 Å². The number of methoxy groups -OCH3 is 1. The van der Waals surface area contributed by atoms with Gasteiger partial charge in [0.25, 0.3) is 0 Å². The van der Waals surface area contributed by atoms with Gasteiger partial charge in [-0.05, 0) is 71.4 Å². The first-order chi connectivity index (χ1) is 21.7. The fourth-order valence-electron chi connectivity index (χ4n) is 4.44. The van der Waals surface area contributed by atoms with E-state index in [2.05, 4.69) is 91.0 Å². The fourth-order valence-corrected chi connectivity index (χ4v) is 8.01. The molecule has 0 saturated carbocycles. The van der Waals surface area contributed by atoms with Crippen molar-refractivity contribution in [1.82, 2.24) is 0 Å². The van der Waals surface area contributed by atoms with Crippen LogP contribution in [0.15, 0.2) is 176 Å². The molecule has 0 bridgehead atoms. The van der Waals surface area contributed by atoms with Gasteiger partial charge in [-0.15, -0.1) is 0 Å². The summed E-state index contributed by atoms with van der Waals surface area (Å²) < 4.78 is 68.3. The third kappa shape index (κ3) is 7.92. The molecule has 0 aliphatic rings. The lowest BCUT2D eigenvalue weighted by molar-refractivity contribution is 0.388. The Bertz CT molecular complexity index is 2010. The summed E-state index contributed by atoms with van der Waals surface area (Å²) in [6.07, 6.45) is 0. The Balaban J connectivity index is 0.000000186. The van der Waals surface area contributed by atoms with E-state index in [9.17, 15) is 21.4 Å². The highest BCUT2D eigenvalue weighted by Crippen LogP contribution is 2.33. The van der Waals surface area contributed by atoms with E-state index >= 15 is 0 Å². The minimum atomic E-state index is -4.71. The Morgan fingerprint density at radius 2 is 0.978 bits per heavy atom. The van der Waals surface area contributed by atoms with E-state index in [0.29, 0.717) is 0 Å². The van der Waals surface area contributed by atoms with Gasteiger partial charge in [-0.3, -0.25) is 0 Å². The normalized spacial score (nSPS) is 11.4. The maximum Gasteiger partial charge on any atom is 0.339 e. The summed E-state index contributed by atoms with van der Waals surface area (Å²) in [4.78, 5) is 3.46. The molecule has 10 heteroatoms. The summed E-state index contributed by atoms with van der Waals surface area (Å²) in [6, 6.07) is 46.8. The molecule has 6 aromatic carbocycles. The van der Waals surface area contributed by atoms with Crippen LogP contribution in [0.5, 0.6) is 11.5 Å². The van der Waals surface area contributed by atoms with E-state index in [1.54, 1.807) is 18.2 Å². The highest BCUT2D eigenvalue weighted by atomic mass is 32.2. The second-order valence-electron chi connectivity index (χ2n) is 9.56. The number of rotatable bonds is 8. The van der Waals surface area contributed by atoms with Crippen molar-refractivity contribution in [3.05, 3.63) is 152 Å². The minimum Gasteiger partial charge on any atom is -0.744 e. The molecule has 7 nitrogen and oxygen atoms in total. The predicted molar refractivity (Wildman–Crippen MR) is 174 cm³/mol. The van der Waals surface area contributed by atoms with Crippen molar-refractivity contribution in [2.24, 2.45) is 0 Å². The molecule has 0 saturated heterocycles. The molecular weight excluding hydrogens is 629 g/mol. The van der Waals surface area contributed by atoms with Gasteiger partial charge in [0.1, 0.15) is 15.0 Å². The molecule has 0 atom stereocenters. The average Bonchev–Trinajstić information content (AvgIpc) is 3.06. The highest BCUT2D eigenvalue weighted by Gasteiger charge is 2.27. The van der Waals surface area contributed by atoms with E-state index < -0.39 is 25.1 Å². The van der Waals surface area contributed by atoms with E-state index in [4.69, 9.17) is 8.92 Å². The summed E-state index contributed by atoms with van der Waals surface area (Å²) in [5, 5.41) is 1.59. The quantitative estimate of drug-likeness (QED) is 0.0961. The molecule has 6 aromatic rings. The van der Waals surface area contributed by atoms with Crippen LogP contribution in [-0.2, 0) is 31.1 Å². The van der Waals surface area contributed by atoms with Crippen molar-refractivity contribution in [1.29, 1.82) is 0 Å². The van der Waals surface area contributed by atoms with E-state index in [1.807, 2.05) is 12.1 Å². The highest BCUT2D eigenvalue weighted by molar-refractivity contribution is 7.97. The Labute approximate surface area is 265 Å². The largest absolute Gasteiger partial charge is 0.744 e. The van der Waals surface area contributed by atoms with Gasteiger partial charge in [0.15, 0.2) is 26.2 Å². The Hall–Kier alpha value is -4.61. The summed E-state index contributed by atoms with van der Waals surface area (Å²) in [5.74, 6) is -0.417. The first-order valence-electron chi connectivity index (χ1n) is 13.6. The standard InChI is InChI=1S/C18H15S.C17H14O7S2/c1-4-10-16(11-5-1)19(17-12-6-2-7-13-17)18-14-8-3-9-15-18;1-23-17-11-14(25(18,19)20)8-9-16(17)24-26(21,22)15-7-6-12-4-2-3-5-13(12)10-15/h1-15H;2-11H,1H3,(H,18,19,20)/q+1;/p-1. The SMILES string of the molecule is COc1cc(S(=O)(=O)[O-])ccc1OS(=O)(=O)c1ccc2ccccc2c1.c1ccc([S+](c2ccccc2)c2ccccc2)cc1. The van der Waals surface area contributed by atoms with Crippen molar-refractivity contribution in [3.63, 3.8) is 0 Å². The maximum absolute atomic E-state index is 12.5. The topological polar surface area (TPSA) is 110 Å². The summed E-state index contributed by atoms with van der Waals surface area (Å²) in [5.41, 5.74) is 0. The Kier molecular flexibility index (Phi) is 9.90. The molecule has 0 amide bonds. The van der Waals surface area contributed by atoms with Gasteiger partial charge in [-0.1, -0.05) is 84.9 Å². The zero-order chi connectivity index (χ0) is 31.9. The first kappa shape index (κ1) is 31.8. The van der Waals surface area contributed by atoms with Crippen LogP contribution in [0.1, 0.15) is 0 Å². The fraction of sp³-hybridized carbons (Fsp3) is 0.0286. The van der Waals surface area contributed by atoms with Crippen molar-refractivity contribution in [2.75, 3.05) is 7.11 Å². The van der Waals surface area contributed by atoms with Crippen LogP contribution in [0, 0.1) is 0 Å². The zero-order valence-corrected chi connectivity index (χ0v) is 26.5. The minimum absolute atomic E-state index is 0.0146. The molecule has 0 radical (unpaired) electrons. The molecule has 45 heavy (non-hydrogen) atoms. The first-order valence-corrected chi connectivity index (χ1v) is 17.7. The van der Waals surface area contributed by atoms with Gasteiger partial charge < -0.3 is 13.5 Å². The summed E-state index contributed by atoms with van der Waals surface area (Å²) in [7, 11) is -7.71. The van der Waals surface area contributed by atoms with Crippen molar-refractivity contribution in [2.45, 2.75) is 24.5 Å². The molecule has 228 valence electrons. The third-order valence-electron chi connectivity index (χ3n) is 6.57.